The van der Waals surface area contributed by atoms with Crippen LogP contribution in [0.15, 0.2) is 24.3 Å². The highest BCUT2D eigenvalue weighted by atomic mass is 35.5. The molecule has 7 atom stereocenters. The molecule has 11 heteroatoms. The predicted molar refractivity (Wildman–Crippen MR) is 152 cm³/mol. The van der Waals surface area contributed by atoms with Gasteiger partial charge < -0.3 is 21.1 Å². The van der Waals surface area contributed by atoms with Gasteiger partial charge in [0.2, 0.25) is 15.9 Å². The van der Waals surface area contributed by atoms with Gasteiger partial charge in [-0.25, -0.2) is 13.2 Å². The first-order chi connectivity index (χ1) is 18.5. The number of benzene rings is 1. The number of sulfonamides is 1. The lowest BCUT2D eigenvalue weighted by molar-refractivity contribution is -0.125. The molecule has 1 aromatic rings. The second-order valence-electron chi connectivity index (χ2n) is 11.8. The van der Waals surface area contributed by atoms with Gasteiger partial charge in [-0.1, -0.05) is 50.4 Å². The smallest absolute Gasteiger partial charge is 0.405 e. The maximum absolute atomic E-state index is 13.7. The first-order valence-corrected chi connectivity index (χ1v) is 16.3. The number of nitrogens with zero attached hydrogens (tertiary/aromatic N) is 1. The Morgan fingerprint density at radius 2 is 1.82 bits per heavy atom. The number of rotatable bonds is 9. The third-order valence-corrected chi connectivity index (χ3v) is 11.0. The molecule has 2 heterocycles. The summed E-state index contributed by atoms with van der Waals surface area (Å²) in [6.07, 6.45) is 5.76. The van der Waals surface area contributed by atoms with E-state index in [0.717, 1.165) is 50.5 Å². The number of fused-ring (bicyclic) bond motifs is 2. The van der Waals surface area contributed by atoms with Crippen molar-refractivity contribution in [3.8, 4) is 0 Å². The molecule has 4 rings (SSSR count). The highest BCUT2D eigenvalue weighted by molar-refractivity contribution is 7.89. The van der Waals surface area contributed by atoms with E-state index < -0.39 is 22.2 Å². The number of carboxylic acid groups (broad SMARTS) is 1. The molecular formula is C28H43ClN4O5S. The Morgan fingerprint density at radius 1 is 1.10 bits per heavy atom. The molecule has 3 aliphatic rings. The highest BCUT2D eigenvalue weighted by Crippen LogP contribution is 2.33. The van der Waals surface area contributed by atoms with Gasteiger partial charge in [-0.2, -0.15) is 4.31 Å². The average molecular weight is 583 g/mol. The molecular weight excluding hydrogens is 540 g/mol. The van der Waals surface area contributed by atoms with E-state index in [4.69, 9.17) is 11.6 Å². The SMILES string of the molecule is CC(C)[C@H](c1ccc(Cl)cc1)[C@H](NC(=O)O)C(=O)N[C@H]1CCCC[C@@H]1CC[C@H]1CN[C@@H]2CCCS(=O)(=O)N1C2. The van der Waals surface area contributed by atoms with Crippen molar-refractivity contribution in [1.82, 2.24) is 20.3 Å². The number of hydrogen-bond donors (Lipinski definition) is 4. The Bertz CT molecular complexity index is 1100. The second kappa shape index (κ2) is 13.2. The summed E-state index contributed by atoms with van der Waals surface area (Å²) < 4.78 is 27.5. The van der Waals surface area contributed by atoms with Crippen molar-refractivity contribution in [1.29, 1.82) is 0 Å². The van der Waals surface area contributed by atoms with Gasteiger partial charge in [0.15, 0.2) is 0 Å². The van der Waals surface area contributed by atoms with Crippen molar-refractivity contribution in [3.05, 3.63) is 34.9 Å². The monoisotopic (exact) mass is 582 g/mol. The molecule has 39 heavy (non-hydrogen) atoms. The summed E-state index contributed by atoms with van der Waals surface area (Å²) >= 11 is 6.08. The average Bonchev–Trinajstić information content (AvgIpc) is 3.00. The van der Waals surface area contributed by atoms with E-state index in [1.165, 1.54) is 0 Å². The molecule has 3 fully saturated rings. The Hall–Kier alpha value is -1.88. The van der Waals surface area contributed by atoms with Gasteiger partial charge in [-0.15, -0.1) is 0 Å². The van der Waals surface area contributed by atoms with Crippen molar-refractivity contribution in [2.45, 2.75) is 95.3 Å². The molecule has 0 radical (unpaired) electrons. The Morgan fingerprint density at radius 3 is 2.51 bits per heavy atom. The molecule has 2 bridgehead atoms. The third kappa shape index (κ3) is 7.65. The Balaban J connectivity index is 1.46. The van der Waals surface area contributed by atoms with Gasteiger partial charge >= 0.3 is 6.09 Å². The minimum Gasteiger partial charge on any atom is -0.465 e. The number of amides is 2. The molecule has 218 valence electrons. The van der Waals surface area contributed by atoms with Crippen LogP contribution in [-0.4, -0.2) is 72.8 Å². The lowest BCUT2D eigenvalue weighted by Crippen LogP contribution is -2.57. The van der Waals surface area contributed by atoms with Crippen molar-refractivity contribution in [2.75, 3.05) is 18.8 Å². The van der Waals surface area contributed by atoms with Crippen molar-refractivity contribution < 1.29 is 23.1 Å². The van der Waals surface area contributed by atoms with Crippen molar-refractivity contribution in [2.24, 2.45) is 11.8 Å². The van der Waals surface area contributed by atoms with Crippen LogP contribution in [0.4, 0.5) is 4.79 Å². The molecule has 0 aromatic heterocycles. The fraction of sp³-hybridized carbons (Fsp3) is 0.714. The van der Waals surface area contributed by atoms with Gasteiger partial charge in [-0.3, -0.25) is 4.79 Å². The van der Waals surface area contributed by atoms with Crippen LogP contribution in [0.1, 0.15) is 76.7 Å². The first-order valence-electron chi connectivity index (χ1n) is 14.3. The quantitative estimate of drug-likeness (QED) is 0.349. The zero-order valence-corrected chi connectivity index (χ0v) is 24.5. The van der Waals surface area contributed by atoms with Gasteiger partial charge in [-0.05, 0) is 68.1 Å². The van der Waals surface area contributed by atoms with Gasteiger partial charge in [0.05, 0.1) is 5.75 Å². The highest BCUT2D eigenvalue weighted by Gasteiger charge is 2.40. The van der Waals surface area contributed by atoms with Gasteiger partial charge in [0, 0.05) is 42.2 Å². The lowest BCUT2D eigenvalue weighted by atomic mass is 9.79. The topological polar surface area (TPSA) is 128 Å². The summed E-state index contributed by atoms with van der Waals surface area (Å²) in [5.74, 6) is -0.260. The summed E-state index contributed by atoms with van der Waals surface area (Å²) in [5.41, 5.74) is 0.852. The molecule has 0 spiro atoms. The van der Waals surface area contributed by atoms with E-state index >= 15 is 0 Å². The van der Waals surface area contributed by atoms with Crippen LogP contribution in [0.25, 0.3) is 0 Å². The molecule has 1 aliphatic carbocycles. The van der Waals surface area contributed by atoms with E-state index in [-0.39, 0.29) is 47.5 Å². The fourth-order valence-electron chi connectivity index (χ4n) is 6.77. The molecule has 1 saturated carbocycles. The molecule has 9 nitrogen and oxygen atoms in total. The summed E-state index contributed by atoms with van der Waals surface area (Å²) in [6, 6.07) is 6.34. The predicted octanol–water partition coefficient (Wildman–Crippen LogP) is 3.94. The fourth-order valence-corrected chi connectivity index (χ4v) is 8.70. The zero-order valence-electron chi connectivity index (χ0n) is 22.9. The number of nitrogens with one attached hydrogen (secondary N) is 3. The van der Waals surface area contributed by atoms with Crippen LogP contribution in [-0.2, 0) is 14.8 Å². The minimum absolute atomic E-state index is 0.00544. The molecule has 4 N–H and O–H groups in total. The van der Waals surface area contributed by atoms with Crippen LogP contribution < -0.4 is 16.0 Å². The number of hydrogen-bond acceptors (Lipinski definition) is 5. The summed E-state index contributed by atoms with van der Waals surface area (Å²) in [6.45, 7) is 5.16. The van der Waals surface area contributed by atoms with Crippen molar-refractivity contribution >= 4 is 33.6 Å². The van der Waals surface area contributed by atoms with E-state index in [0.29, 0.717) is 24.5 Å². The first kappa shape index (κ1) is 30.1. The summed E-state index contributed by atoms with van der Waals surface area (Å²) in [5, 5.41) is 19.4. The molecule has 2 amide bonds. The van der Waals surface area contributed by atoms with Crippen LogP contribution >= 0.6 is 11.6 Å². The minimum atomic E-state index is -3.24. The van der Waals surface area contributed by atoms with Gasteiger partial charge in [0.25, 0.3) is 0 Å². The Labute approximate surface area is 237 Å². The Kier molecular flexibility index (Phi) is 10.2. The van der Waals surface area contributed by atoms with E-state index in [1.54, 1.807) is 16.4 Å². The normalized spacial score (nSPS) is 30.1. The van der Waals surface area contributed by atoms with Crippen molar-refractivity contribution in [3.63, 3.8) is 0 Å². The lowest BCUT2D eigenvalue weighted by Gasteiger charge is -2.40. The second-order valence-corrected chi connectivity index (χ2v) is 14.2. The number of carbonyl (C=O) groups excluding carboxylic acids is 1. The standard InChI is InChI=1S/C28H43ClN4O5S/c1-18(2)25(20-9-12-21(29)13-10-20)26(32-28(35)36)27(34)31-24-8-4-3-6-19(24)11-14-23-16-30-22-7-5-15-39(37,38)33(23)17-22/h9-10,12-13,18-19,22-26,30,32H,3-8,11,14-17H2,1-2H3,(H,31,34)(H,35,36)/t19-,22-,23+,24+,25-,26+/m1/s1. The van der Waals surface area contributed by atoms with Crippen LogP contribution in [0.3, 0.4) is 0 Å². The largest absolute Gasteiger partial charge is 0.465 e. The van der Waals surface area contributed by atoms with Gasteiger partial charge in [0.1, 0.15) is 6.04 Å². The maximum atomic E-state index is 13.7. The number of piperazine rings is 1. The van der Waals surface area contributed by atoms with E-state index in [9.17, 15) is 23.1 Å². The molecule has 1 unspecified atom stereocenters. The summed E-state index contributed by atoms with van der Waals surface area (Å²) in [4.78, 5) is 25.4. The number of carbonyl (C=O) groups is 2. The zero-order chi connectivity index (χ0) is 28.2. The van der Waals surface area contributed by atoms with Crippen LogP contribution in [0, 0.1) is 11.8 Å². The van der Waals surface area contributed by atoms with Crippen LogP contribution in [0.2, 0.25) is 5.02 Å². The van der Waals surface area contributed by atoms with E-state index in [1.807, 2.05) is 26.0 Å². The van der Waals surface area contributed by atoms with E-state index in [2.05, 4.69) is 16.0 Å². The number of halogens is 1. The summed E-state index contributed by atoms with van der Waals surface area (Å²) in [7, 11) is -3.24. The molecule has 2 saturated heterocycles. The third-order valence-electron chi connectivity index (χ3n) is 8.76. The molecule has 2 aliphatic heterocycles. The maximum Gasteiger partial charge on any atom is 0.405 e. The molecule has 1 aromatic carbocycles. The van der Waals surface area contributed by atoms with Crippen LogP contribution in [0.5, 0.6) is 0 Å².